The Morgan fingerprint density at radius 1 is 1.04 bits per heavy atom. The molecule has 0 atom stereocenters. The van der Waals surface area contributed by atoms with E-state index in [2.05, 4.69) is 0 Å². The van der Waals surface area contributed by atoms with Gasteiger partial charge in [-0.05, 0) is 31.2 Å². The number of hydrogen-bond acceptors (Lipinski definition) is 6. The third-order valence-corrected chi connectivity index (χ3v) is 2.80. The number of hydrogen-bond donors (Lipinski definition) is 0. The molecule has 0 unspecified atom stereocenters. The topological polar surface area (TPSA) is 95.7 Å². The van der Waals surface area contributed by atoms with Gasteiger partial charge in [-0.25, -0.2) is 4.79 Å². The Morgan fingerprint density at radius 2 is 1.65 bits per heavy atom. The normalized spacial score (nSPS) is 9.96. The van der Waals surface area contributed by atoms with E-state index >= 15 is 0 Å². The zero-order chi connectivity index (χ0) is 16.8. The van der Waals surface area contributed by atoms with Crippen molar-refractivity contribution >= 4 is 17.4 Å². The van der Waals surface area contributed by atoms with Gasteiger partial charge in [0, 0.05) is 12.1 Å². The minimum atomic E-state index is -0.682. The van der Waals surface area contributed by atoms with Crippen molar-refractivity contribution in [2.24, 2.45) is 0 Å². The summed E-state index contributed by atoms with van der Waals surface area (Å²) >= 11 is 0. The standard InChI is InChI=1S/C16H13NO6/c1-11(18)10-22-14-4-2-3-5-15(14)23-16(19)12-6-8-13(9-7-12)17(20)21/h2-9H,10H2,1H3. The lowest BCUT2D eigenvalue weighted by Crippen LogP contribution is -2.11. The monoisotopic (exact) mass is 315 g/mol. The number of esters is 1. The third-order valence-electron chi connectivity index (χ3n) is 2.80. The first-order valence-electron chi connectivity index (χ1n) is 6.65. The van der Waals surface area contributed by atoms with Crippen LogP contribution in [0.5, 0.6) is 11.5 Å². The molecule has 23 heavy (non-hydrogen) atoms. The molecule has 0 bridgehead atoms. The largest absolute Gasteiger partial charge is 0.482 e. The molecule has 7 heteroatoms. The van der Waals surface area contributed by atoms with Gasteiger partial charge in [-0.1, -0.05) is 12.1 Å². The molecule has 0 amide bonds. The maximum absolute atomic E-state index is 12.1. The van der Waals surface area contributed by atoms with Crippen LogP contribution in [-0.4, -0.2) is 23.3 Å². The van der Waals surface area contributed by atoms with Crippen LogP contribution in [0.2, 0.25) is 0 Å². The van der Waals surface area contributed by atoms with E-state index in [0.29, 0.717) is 0 Å². The van der Waals surface area contributed by atoms with Crippen LogP contribution < -0.4 is 9.47 Å². The number of non-ortho nitro benzene ring substituents is 1. The summed E-state index contributed by atoms with van der Waals surface area (Å²) in [5.74, 6) is -0.421. The molecule has 0 N–H and O–H groups in total. The van der Waals surface area contributed by atoms with Gasteiger partial charge in [0.1, 0.15) is 6.61 Å². The van der Waals surface area contributed by atoms with E-state index in [4.69, 9.17) is 9.47 Å². The lowest BCUT2D eigenvalue weighted by atomic mass is 10.2. The zero-order valence-corrected chi connectivity index (χ0v) is 12.2. The molecule has 118 valence electrons. The number of carbonyl (C=O) groups excluding carboxylic acids is 2. The molecule has 0 heterocycles. The van der Waals surface area contributed by atoms with Crippen LogP contribution in [0, 0.1) is 10.1 Å². The predicted molar refractivity (Wildman–Crippen MR) is 80.7 cm³/mol. The number of nitro benzene ring substituents is 1. The number of rotatable bonds is 6. The molecule has 0 aromatic heterocycles. The molecular weight excluding hydrogens is 302 g/mol. The molecule has 0 aliphatic rings. The van der Waals surface area contributed by atoms with Crippen LogP contribution in [0.4, 0.5) is 5.69 Å². The maximum atomic E-state index is 12.1. The molecule has 7 nitrogen and oxygen atoms in total. The number of ether oxygens (including phenoxy) is 2. The molecule has 0 spiro atoms. The minimum absolute atomic E-state index is 0.119. The van der Waals surface area contributed by atoms with E-state index in [-0.39, 0.29) is 35.1 Å². The highest BCUT2D eigenvalue weighted by Crippen LogP contribution is 2.27. The summed E-state index contributed by atoms with van der Waals surface area (Å²) in [6.45, 7) is 1.25. The summed E-state index contributed by atoms with van der Waals surface area (Å²) in [6, 6.07) is 11.5. The molecular formula is C16H13NO6. The van der Waals surface area contributed by atoms with E-state index in [9.17, 15) is 19.7 Å². The minimum Gasteiger partial charge on any atom is -0.482 e. The fraction of sp³-hybridized carbons (Fsp3) is 0.125. The van der Waals surface area contributed by atoms with Crippen LogP contribution in [0.1, 0.15) is 17.3 Å². The fourth-order valence-electron chi connectivity index (χ4n) is 1.71. The lowest BCUT2D eigenvalue weighted by Gasteiger charge is -2.10. The Morgan fingerprint density at radius 3 is 2.22 bits per heavy atom. The highest BCUT2D eigenvalue weighted by atomic mass is 16.6. The number of nitro groups is 1. The summed E-state index contributed by atoms with van der Waals surface area (Å²) in [7, 11) is 0. The molecule has 0 saturated heterocycles. The second kappa shape index (κ2) is 7.17. The van der Waals surface area contributed by atoms with Crippen molar-refractivity contribution < 1.29 is 24.0 Å². The smallest absolute Gasteiger partial charge is 0.343 e. The van der Waals surface area contributed by atoms with Crippen LogP contribution in [0.3, 0.4) is 0 Å². The van der Waals surface area contributed by atoms with Crippen molar-refractivity contribution in [3.05, 3.63) is 64.2 Å². The van der Waals surface area contributed by atoms with Crippen LogP contribution in [0.15, 0.2) is 48.5 Å². The first kappa shape index (κ1) is 16.2. The van der Waals surface area contributed by atoms with Crippen molar-refractivity contribution in [2.75, 3.05) is 6.61 Å². The Balaban J connectivity index is 2.13. The van der Waals surface area contributed by atoms with E-state index in [1.165, 1.54) is 37.3 Å². The number of Topliss-reactive ketones (excluding diaryl/α,β-unsaturated/α-hetero) is 1. The average molecular weight is 315 g/mol. The van der Waals surface area contributed by atoms with E-state index in [1.807, 2.05) is 0 Å². The van der Waals surface area contributed by atoms with Gasteiger partial charge < -0.3 is 9.47 Å². The number of ketones is 1. The van der Waals surface area contributed by atoms with Gasteiger partial charge in [-0.2, -0.15) is 0 Å². The molecule has 0 aliphatic carbocycles. The highest BCUT2D eigenvalue weighted by Gasteiger charge is 2.14. The van der Waals surface area contributed by atoms with E-state index in [1.54, 1.807) is 18.2 Å². The first-order chi connectivity index (χ1) is 11.0. The highest BCUT2D eigenvalue weighted by molar-refractivity contribution is 5.91. The molecule has 0 saturated carbocycles. The van der Waals surface area contributed by atoms with Gasteiger partial charge >= 0.3 is 5.97 Å². The molecule has 2 aromatic rings. The number of nitrogens with zero attached hydrogens (tertiary/aromatic N) is 1. The second-order valence-electron chi connectivity index (χ2n) is 4.63. The third kappa shape index (κ3) is 4.37. The van der Waals surface area contributed by atoms with Gasteiger partial charge in [-0.3, -0.25) is 14.9 Å². The fourth-order valence-corrected chi connectivity index (χ4v) is 1.71. The number of carbonyl (C=O) groups is 2. The number of benzene rings is 2. The van der Waals surface area contributed by atoms with E-state index in [0.717, 1.165) is 0 Å². The predicted octanol–water partition coefficient (Wildman–Crippen LogP) is 2.78. The summed E-state index contributed by atoms with van der Waals surface area (Å²) in [4.78, 5) is 33.1. The van der Waals surface area contributed by atoms with Crippen molar-refractivity contribution in [1.29, 1.82) is 0 Å². The lowest BCUT2D eigenvalue weighted by molar-refractivity contribution is -0.384. The average Bonchev–Trinajstić information content (AvgIpc) is 2.54. The van der Waals surface area contributed by atoms with Crippen molar-refractivity contribution in [3.63, 3.8) is 0 Å². The van der Waals surface area contributed by atoms with Crippen LogP contribution >= 0.6 is 0 Å². The van der Waals surface area contributed by atoms with Gasteiger partial charge in [0.2, 0.25) is 0 Å². The summed E-state index contributed by atoms with van der Waals surface area (Å²) in [6.07, 6.45) is 0. The Labute approximate surface area is 131 Å². The van der Waals surface area contributed by atoms with Crippen molar-refractivity contribution in [2.45, 2.75) is 6.92 Å². The maximum Gasteiger partial charge on any atom is 0.343 e. The SMILES string of the molecule is CC(=O)COc1ccccc1OC(=O)c1ccc([N+](=O)[O-])cc1. The van der Waals surface area contributed by atoms with Gasteiger partial charge in [-0.15, -0.1) is 0 Å². The van der Waals surface area contributed by atoms with Gasteiger partial charge in [0.15, 0.2) is 17.3 Å². The summed E-state index contributed by atoms with van der Waals surface area (Å²) in [5, 5.41) is 10.6. The Bertz CT molecular complexity index is 738. The molecule has 0 fully saturated rings. The molecule has 2 rings (SSSR count). The summed E-state index contributed by atoms with van der Waals surface area (Å²) < 4.78 is 10.5. The van der Waals surface area contributed by atoms with Crippen molar-refractivity contribution in [3.8, 4) is 11.5 Å². The van der Waals surface area contributed by atoms with Gasteiger partial charge in [0.05, 0.1) is 10.5 Å². The summed E-state index contributed by atoms with van der Waals surface area (Å²) in [5.41, 5.74) is 0.0451. The van der Waals surface area contributed by atoms with Gasteiger partial charge in [0.25, 0.3) is 5.69 Å². The van der Waals surface area contributed by atoms with E-state index < -0.39 is 10.9 Å². The molecule has 0 aliphatic heterocycles. The zero-order valence-electron chi connectivity index (χ0n) is 12.2. The van der Waals surface area contributed by atoms with Crippen molar-refractivity contribution in [1.82, 2.24) is 0 Å². The Kier molecular flexibility index (Phi) is 5.03. The molecule has 0 radical (unpaired) electrons. The quantitative estimate of drug-likeness (QED) is 0.352. The Hall–Kier alpha value is -3.22. The van der Waals surface area contributed by atoms with Crippen LogP contribution in [-0.2, 0) is 4.79 Å². The van der Waals surface area contributed by atoms with Crippen LogP contribution in [0.25, 0.3) is 0 Å². The molecule has 2 aromatic carbocycles. The second-order valence-corrected chi connectivity index (χ2v) is 4.63. The first-order valence-corrected chi connectivity index (χ1v) is 6.65. The number of para-hydroxylation sites is 2.